The molecule has 0 aliphatic heterocycles. The maximum Gasteiger partial charge on any atom is 0.123 e. The molecule has 1 rings (SSSR count). The predicted molar refractivity (Wildman–Crippen MR) is 61.1 cm³/mol. The summed E-state index contributed by atoms with van der Waals surface area (Å²) in [5.74, 6) is -0.159. The lowest BCUT2D eigenvalue weighted by atomic mass is 10.1. The number of hydrogen-bond acceptors (Lipinski definition) is 2. The van der Waals surface area contributed by atoms with Gasteiger partial charge in [0.05, 0.1) is 0 Å². The molecule has 3 heteroatoms. The summed E-state index contributed by atoms with van der Waals surface area (Å²) < 4.78 is 13.1. The van der Waals surface area contributed by atoms with Crippen molar-refractivity contribution in [2.75, 3.05) is 19.6 Å². The summed E-state index contributed by atoms with van der Waals surface area (Å²) in [5.41, 5.74) is 7.49. The van der Waals surface area contributed by atoms with Crippen molar-refractivity contribution in [2.45, 2.75) is 20.4 Å². The first-order valence-corrected chi connectivity index (χ1v) is 5.34. The Morgan fingerprint density at radius 1 is 1.33 bits per heavy atom. The minimum absolute atomic E-state index is 0.159. The monoisotopic (exact) mass is 210 g/mol. The Labute approximate surface area is 90.9 Å². The highest BCUT2D eigenvalue weighted by Gasteiger charge is 2.04. The fraction of sp³-hybridized carbons (Fsp3) is 0.500. The van der Waals surface area contributed by atoms with Crippen LogP contribution >= 0.6 is 0 Å². The average molecular weight is 210 g/mol. The van der Waals surface area contributed by atoms with Crippen LogP contribution in [0.2, 0.25) is 0 Å². The second-order valence-electron chi connectivity index (χ2n) is 3.79. The zero-order valence-electron chi connectivity index (χ0n) is 9.46. The Morgan fingerprint density at radius 2 is 2.07 bits per heavy atom. The van der Waals surface area contributed by atoms with Gasteiger partial charge in [0.1, 0.15) is 5.82 Å². The topological polar surface area (TPSA) is 29.3 Å². The summed E-state index contributed by atoms with van der Waals surface area (Å²) in [7, 11) is 0. The van der Waals surface area contributed by atoms with E-state index in [-0.39, 0.29) is 5.82 Å². The lowest BCUT2D eigenvalue weighted by molar-refractivity contribution is 0.287. The number of aryl methyl sites for hydroxylation is 1. The largest absolute Gasteiger partial charge is 0.329 e. The van der Waals surface area contributed by atoms with Gasteiger partial charge in [-0.05, 0) is 36.7 Å². The molecule has 0 unspecified atom stereocenters. The van der Waals surface area contributed by atoms with E-state index in [4.69, 9.17) is 5.73 Å². The van der Waals surface area contributed by atoms with Crippen LogP contribution in [0.5, 0.6) is 0 Å². The van der Waals surface area contributed by atoms with Crippen LogP contribution < -0.4 is 5.73 Å². The molecule has 0 atom stereocenters. The van der Waals surface area contributed by atoms with Crippen LogP contribution in [-0.4, -0.2) is 24.5 Å². The lowest BCUT2D eigenvalue weighted by Crippen LogP contribution is -2.28. The van der Waals surface area contributed by atoms with Crippen LogP contribution in [0.15, 0.2) is 18.2 Å². The van der Waals surface area contributed by atoms with Gasteiger partial charge in [-0.25, -0.2) is 4.39 Å². The first kappa shape index (κ1) is 12.1. The number of rotatable bonds is 5. The number of halogens is 1. The molecule has 0 aliphatic rings. The minimum Gasteiger partial charge on any atom is -0.329 e. The zero-order valence-corrected chi connectivity index (χ0v) is 9.46. The second kappa shape index (κ2) is 5.83. The molecule has 1 aromatic carbocycles. The first-order valence-electron chi connectivity index (χ1n) is 5.34. The molecule has 0 fully saturated rings. The summed E-state index contributed by atoms with van der Waals surface area (Å²) in [4.78, 5) is 2.20. The van der Waals surface area contributed by atoms with Crippen molar-refractivity contribution in [2.24, 2.45) is 5.73 Å². The number of nitrogens with zero attached hydrogens (tertiary/aromatic N) is 1. The molecule has 0 saturated carbocycles. The van der Waals surface area contributed by atoms with Crippen molar-refractivity contribution in [1.82, 2.24) is 4.90 Å². The quantitative estimate of drug-likeness (QED) is 0.804. The van der Waals surface area contributed by atoms with E-state index >= 15 is 0 Å². The van der Waals surface area contributed by atoms with E-state index in [1.165, 1.54) is 0 Å². The van der Waals surface area contributed by atoms with E-state index in [2.05, 4.69) is 11.8 Å². The minimum atomic E-state index is -0.159. The third-order valence-corrected chi connectivity index (χ3v) is 2.40. The fourth-order valence-electron chi connectivity index (χ4n) is 1.69. The molecule has 0 amide bonds. The summed E-state index contributed by atoms with van der Waals surface area (Å²) in [6.07, 6.45) is 0. The molecular weight excluding hydrogens is 191 g/mol. The van der Waals surface area contributed by atoms with E-state index in [0.29, 0.717) is 6.54 Å². The molecule has 0 heterocycles. The molecule has 84 valence electrons. The van der Waals surface area contributed by atoms with Gasteiger partial charge < -0.3 is 5.73 Å². The Balaban J connectivity index is 2.69. The van der Waals surface area contributed by atoms with Crippen LogP contribution in [0, 0.1) is 12.7 Å². The normalized spacial score (nSPS) is 11.0. The van der Waals surface area contributed by atoms with Crippen molar-refractivity contribution < 1.29 is 4.39 Å². The van der Waals surface area contributed by atoms with Crippen molar-refractivity contribution in [3.8, 4) is 0 Å². The fourth-order valence-corrected chi connectivity index (χ4v) is 1.69. The maximum atomic E-state index is 13.1. The van der Waals surface area contributed by atoms with E-state index in [9.17, 15) is 4.39 Å². The van der Waals surface area contributed by atoms with Crippen LogP contribution in [0.1, 0.15) is 18.1 Å². The number of likely N-dealkylation sites (N-methyl/N-ethyl adjacent to an activating group) is 1. The lowest BCUT2D eigenvalue weighted by Gasteiger charge is -2.19. The molecule has 2 nitrogen and oxygen atoms in total. The van der Waals surface area contributed by atoms with Gasteiger partial charge in [0.2, 0.25) is 0 Å². The molecule has 0 aliphatic carbocycles. The molecule has 0 spiro atoms. The van der Waals surface area contributed by atoms with Crippen molar-refractivity contribution >= 4 is 0 Å². The van der Waals surface area contributed by atoms with Gasteiger partial charge in [-0.3, -0.25) is 4.90 Å². The second-order valence-corrected chi connectivity index (χ2v) is 3.79. The molecule has 15 heavy (non-hydrogen) atoms. The van der Waals surface area contributed by atoms with Crippen LogP contribution in [0.25, 0.3) is 0 Å². The molecule has 1 aromatic rings. The number of hydrogen-bond donors (Lipinski definition) is 1. The van der Waals surface area contributed by atoms with Crippen LogP contribution in [-0.2, 0) is 6.54 Å². The summed E-state index contributed by atoms with van der Waals surface area (Å²) >= 11 is 0. The van der Waals surface area contributed by atoms with Gasteiger partial charge in [0, 0.05) is 19.6 Å². The summed E-state index contributed by atoms with van der Waals surface area (Å²) in [6, 6.07) is 5.15. The van der Waals surface area contributed by atoms with Gasteiger partial charge in [0.25, 0.3) is 0 Å². The Morgan fingerprint density at radius 3 is 2.60 bits per heavy atom. The molecule has 0 saturated heterocycles. The average Bonchev–Trinajstić information content (AvgIpc) is 2.15. The van der Waals surface area contributed by atoms with Gasteiger partial charge in [-0.1, -0.05) is 13.0 Å². The van der Waals surface area contributed by atoms with Crippen molar-refractivity contribution in [1.29, 1.82) is 0 Å². The van der Waals surface area contributed by atoms with Gasteiger partial charge >= 0.3 is 0 Å². The Hall–Kier alpha value is -0.930. The smallest absolute Gasteiger partial charge is 0.123 e. The molecule has 0 bridgehead atoms. The third kappa shape index (κ3) is 3.98. The SMILES string of the molecule is CCN(CCN)Cc1cc(C)cc(F)c1. The maximum absolute atomic E-state index is 13.1. The number of nitrogens with two attached hydrogens (primary N) is 1. The highest BCUT2D eigenvalue weighted by molar-refractivity contribution is 5.23. The van der Waals surface area contributed by atoms with Gasteiger partial charge in [0.15, 0.2) is 0 Å². The van der Waals surface area contributed by atoms with Crippen molar-refractivity contribution in [3.05, 3.63) is 35.1 Å². The van der Waals surface area contributed by atoms with Crippen LogP contribution in [0.3, 0.4) is 0 Å². The molecular formula is C12H19FN2. The third-order valence-electron chi connectivity index (χ3n) is 2.40. The van der Waals surface area contributed by atoms with E-state index in [1.807, 2.05) is 13.0 Å². The van der Waals surface area contributed by atoms with E-state index in [0.717, 1.165) is 30.8 Å². The summed E-state index contributed by atoms with van der Waals surface area (Å²) in [5, 5.41) is 0. The Kier molecular flexibility index (Phi) is 4.72. The highest BCUT2D eigenvalue weighted by atomic mass is 19.1. The molecule has 2 N–H and O–H groups in total. The number of benzene rings is 1. The molecule has 0 aromatic heterocycles. The first-order chi connectivity index (χ1) is 7.15. The standard InChI is InChI=1S/C12H19FN2/c1-3-15(5-4-14)9-11-6-10(2)7-12(13)8-11/h6-8H,3-5,9,14H2,1-2H3. The van der Waals surface area contributed by atoms with E-state index in [1.54, 1.807) is 12.1 Å². The van der Waals surface area contributed by atoms with Crippen molar-refractivity contribution in [3.63, 3.8) is 0 Å². The van der Waals surface area contributed by atoms with Gasteiger partial charge in [-0.15, -0.1) is 0 Å². The molecule has 0 radical (unpaired) electrons. The van der Waals surface area contributed by atoms with Crippen LogP contribution in [0.4, 0.5) is 4.39 Å². The Bertz CT molecular complexity index is 292. The highest BCUT2D eigenvalue weighted by Crippen LogP contribution is 2.10. The van der Waals surface area contributed by atoms with Gasteiger partial charge in [-0.2, -0.15) is 0 Å². The van der Waals surface area contributed by atoms with E-state index < -0.39 is 0 Å². The predicted octanol–water partition coefficient (Wildman–Crippen LogP) is 1.91. The zero-order chi connectivity index (χ0) is 11.3. The summed E-state index contributed by atoms with van der Waals surface area (Å²) in [6.45, 7) is 7.20.